The van der Waals surface area contributed by atoms with Gasteiger partial charge in [0.1, 0.15) is 5.75 Å². The Kier molecular flexibility index (Phi) is 6.67. The molecule has 1 amide bonds. The molecule has 4 rings (SSSR count). The topological polar surface area (TPSA) is 63.2 Å². The number of aromatic nitrogens is 1. The maximum atomic E-state index is 12.7. The number of carbonyl (C=O) groups is 1. The highest BCUT2D eigenvalue weighted by atomic mass is 35.5. The third kappa shape index (κ3) is 4.35. The van der Waals surface area contributed by atoms with Crippen molar-refractivity contribution in [2.24, 2.45) is 0 Å². The Bertz CT molecular complexity index is 974. The van der Waals surface area contributed by atoms with E-state index in [0.717, 1.165) is 42.9 Å². The number of fused-ring (bicyclic) bond motifs is 1. The quantitative estimate of drug-likeness (QED) is 0.671. The number of hydrogen-bond acceptors (Lipinski definition) is 5. The molecule has 3 aromatic rings. The second kappa shape index (κ2) is 9.19. The molecule has 1 aliphatic heterocycles. The van der Waals surface area contributed by atoms with E-state index in [9.17, 15) is 4.79 Å². The van der Waals surface area contributed by atoms with Gasteiger partial charge in [0, 0.05) is 16.5 Å². The predicted molar refractivity (Wildman–Crippen MR) is 116 cm³/mol. The van der Waals surface area contributed by atoms with Crippen LogP contribution in [0.15, 0.2) is 47.8 Å². The van der Waals surface area contributed by atoms with Crippen molar-refractivity contribution in [3.05, 3.63) is 64.5 Å². The molecular formula is C21H22ClN3O2S. The summed E-state index contributed by atoms with van der Waals surface area (Å²) in [5, 5.41) is 8.82. The highest BCUT2D eigenvalue weighted by Gasteiger charge is 2.14. The van der Waals surface area contributed by atoms with Crippen LogP contribution in [-0.4, -0.2) is 31.1 Å². The van der Waals surface area contributed by atoms with Crippen LogP contribution < -0.4 is 15.4 Å². The molecule has 5 nitrogen and oxygen atoms in total. The van der Waals surface area contributed by atoms with Crippen LogP contribution >= 0.6 is 23.7 Å². The van der Waals surface area contributed by atoms with Gasteiger partial charge in [-0.05, 0) is 61.3 Å². The smallest absolute Gasteiger partial charge is 0.257 e. The first kappa shape index (κ1) is 20.3. The summed E-state index contributed by atoms with van der Waals surface area (Å²) in [6, 6.07) is 13.7. The van der Waals surface area contributed by atoms with Gasteiger partial charge >= 0.3 is 0 Å². The molecule has 0 saturated heterocycles. The Morgan fingerprint density at radius 2 is 1.93 bits per heavy atom. The lowest BCUT2D eigenvalue weighted by atomic mass is 10.00. The normalized spacial score (nSPS) is 13.0. The second-order valence-corrected chi connectivity index (χ2v) is 7.28. The van der Waals surface area contributed by atoms with Gasteiger partial charge in [-0.25, -0.2) is 4.98 Å². The lowest BCUT2D eigenvalue weighted by molar-refractivity contribution is 0.102. The van der Waals surface area contributed by atoms with E-state index in [1.807, 2.05) is 41.8 Å². The second-order valence-electron chi connectivity index (χ2n) is 6.43. The minimum absolute atomic E-state index is 0. The van der Waals surface area contributed by atoms with Crippen LogP contribution in [0, 0.1) is 0 Å². The predicted octanol–water partition coefficient (Wildman–Crippen LogP) is 4.18. The van der Waals surface area contributed by atoms with Gasteiger partial charge in [-0.15, -0.1) is 23.7 Å². The molecule has 1 aliphatic rings. The van der Waals surface area contributed by atoms with E-state index in [1.165, 1.54) is 22.5 Å². The van der Waals surface area contributed by atoms with Crippen molar-refractivity contribution in [2.75, 3.05) is 25.5 Å². The first-order chi connectivity index (χ1) is 13.2. The van der Waals surface area contributed by atoms with Crippen LogP contribution in [0.2, 0.25) is 0 Å². The van der Waals surface area contributed by atoms with Gasteiger partial charge in [-0.2, -0.15) is 0 Å². The molecule has 0 radical (unpaired) electrons. The number of rotatable bonds is 4. The molecule has 2 aromatic carbocycles. The van der Waals surface area contributed by atoms with Crippen LogP contribution in [-0.2, 0) is 12.8 Å². The average Bonchev–Trinajstić information content (AvgIpc) is 3.03. The maximum absolute atomic E-state index is 12.7. The summed E-state index contributed by atoms with van der Waals surface area (Å²) >= 11 is 1.41. The van der Waals surface area contributed by atoms with Crippen molar-refractivity contribution in [2.45, 2.75) is 12.8 Å². The third-order valence-corrected chi connectivity index (χ3v) is 5.48. The number of methoxy groups -OCH3 is 1. The van der Waals surface area contributed by atoms with Crippen LogP contribution in [0.3, 0.4) is 0 Å². The highest BCUT2D eigenvalue weighted by molar-refractivity contribution is 7.14. The molecule has 0 atom stereocenters. The zero-order valence-corrected chi connectivity index (χ0v) is 17.2. The van der Waals surface area contributed by atoms with Gasteiger partial charge in [0.15, 0.2) is 5.13 Å². The van der Waals surface area contributed by atoms with E-state index >= 15 is 0 Å². The first-order valence-corrected chi connectivity index (χ1v) is 9.85. The first-order valence-electron chi connectivity index (χ1n) is 8.97. The van der Waals surface area contributed by atoms with Crippen molar-refractivity contribution < 1.29 is 9.53 Å². The van der Waals surface area contributed by atoms with Crippen molar-refractivity contribution in [1.29, 1.82) is 0 Å². The Morgan fingerprint density at radius 3 is 2.75 bits per heavy atom. The fourth-order valence-corrected chi connectivity index (χ4v) is 4.00. The minimum atomic E-state index is -0.129. The average molecular weight is 416 g/mol. The molecule has 28 heavy (non-hydrogen) atoms. The lowest BCUT2D eigenvalue weighted by Crippen LogP contribution is -2.16. The fraction of sp³-hybridized carbons (Fsp3) is 0.238. The fourth-order valence-electron chi connectivity index (χ4n) is 3.30. The van der Waals surface area contributed by atoms with Crippen molar-refractivity contribution in [3.8, 4) is 17.0 Å². The van der Waals surface area contributed by atoms with Crippen LogP contribution in [0.1, 0.15) is 21.5 Å². The summed E-state index contributed by atoms with van der Waals surface area (Å²) in [7, 11) is 1.64. The zero-order valence-electron chi connectivity index (χ0n) is 15.5. The molecule has 2 heterocycles. The van der Waals surface area contributed by atoms with Crippen LogP contribution in [0.25, 0.3) is 11.3 Å². The molecule has 2 N–H and O–H groups in total. The van der Waals surface area contributed by atoms with Gasteiger partial charge in [0.05, 0.1) is 12.8 Å². The van der Waals surface area contributed by atoms with Gasteiger partial charge < -0.3 is 10.1 Å². The number of para-hydroxylation sites is 1. The number of thiazole rings is 1. The summed E-state index contributed by atoms with van der Waals surface area (Å²) in [5.41, 5.74) is 4.95. The molecule has 0 bridgehead atoms. The van der Waals surface area contributed by atoms with E-state index in [4.69, 9.17) is 4.74 Å². The lowest BCUT2D eigenvalue weighted by Gasteiger charge is -2.08. The Balaban J connectivity index is 0.00000225. The number of halogens is 1. The molecule has 146 valence electrons. The van der Waals surface area contributed by atoms with E-state index in [2.05, 4.69) is 21.7 Å². The number of ether oxygens (including phenoxy) is 1. The van der Waals surface area contributed by atoms with E-state index in [0.29, 0.717) is 10.7 Å². The third-order valence-electron chi connectivity index (χ3n) is 4.72. The summed E-state index contributed by atoms with van der Waals surface area (Å²) in [5.74, 6) is 0.635. The van der Waals surface area contributed by atoms with Crippen LogP contribution in [0.4, 0.5) is 5.13 Å². The number of benzene rings is 2. The summed E-state index contributed by atoms with van der Waals surface area (Å²) in [6.07, 6.45) is 1.96. The Labute approximate surface area is 174 Å². The molecule has 0 fully saturated rings. The summed E-state index contributed by atoms with van der Waals surface area (Å²) in [4.78, 5) is 17.2. The molecule has 0 spiro atoms. The van der Waals surface area contributed by atoms with E-state index < -0.39 is 0 Å². The minimum Gasteiger partial charge on any atom is -0.496 e. The summed E-state index contributed by atoms with van der Waals surface area (Å²) in [6.45, 7) is 1.94. The molecule has 1 aromatic heterocycles. The van der Waals surface area contributed by atoms with Gasteiger partial charge in [-0.3, -0.25) is 10.1 Å². The highest BCUT2D eigenvalue weighted by Crippen LogP contribution is 2.32. The largest absolute Gasteiger partial charge is 0.496 e. The number of amides is 1. The standard InChI is InChI=1S/C21H21N3O2S.ClH/c1-26-19-5-3-2-4-17(19)18-13-27-21(23-18)24-20(25)16-7-6-14-8-10-22-11-9-15(14)12-16;/h2-7,12-13,22H,8-11H2,1H3,(H,23,24,25);1H. The van der Waals surface area contributed by atoms with E-state index in [1.54, 1.807) is 7.11 Å². The Morgan fingerprint density at radius 1 is 1.14 bits per heavy atom. The maximum Gasteiger partial charge on any atom is 0.257 e. The van der Waals surface area contributed by atoms with Crippen molar-refractivity contribution >= 4 is 34.8 Å². The monoisotopic (exact) mass is 415 g/mol. The van der Waals surface area contributed by atoms with Crippen molar-refractivity contribution in [1.82, 2.24) is 10.3 Å². The van der Waals surface area contributed by atoms with Gasteiger partial charge in [0.2, 0.25) is 0 Å². The summed E-state index contributed by atoms with van der Waals surface area (Å²) < 4.78 is 5.39. The number of nitrogens with zero attached hydrogens (tertiary/aromatic N) is 1. The molecule has 7 heteroatoms. The van der Waals surface area contributed by atoms with Gasteiger partial charge in [0.25, 0.3) is 5.91 Å². The number of anilines is 1. The number of hydrogen-bond donors (Lipinski definition) is 2. The molecule has 0 aliphatic carbocycles. The number of carbonyl (C=O) groups excluding carboxylic acids is 1. The molecule has 0 unspecified atom stereocenters. The van der Waals surface area contributed by atoms with E-state index in [-0.39, 0.29) is 18.3 Å². The molecular weight excluding hydrogens is 394 g/mol. The molecule has 0 saturated carbocycles. The van der Waals surface area contributed by atoms with Crippen LogP contribution in [0.5, 0.6) is 5.75 Å². The zero-order chi connectivity index (χ0) is 18.6. The SMILES string of the molecule is COc1ccccc1-c1csc(NC(=O)c2ccc3c(c2)CCNCC3)n1.Cl. The van der Waals surface area contributed by atoms with Gasteiger partial charge in [-0.1, -0.05) is 18.2 Å². The van der Waals surface area contributed by atoms with Crippen molar-refractivity contribution in [3.63, 3.8) is 0 Å². The number of nitrogens with one attached hydrogen (secondary N) is 2. The Hall–Kier alpha value is -2.41.